The maximum absolute atomic E-state index is 14.6. The zero-order valence-electron chi connectivity index (χ0n) is 17.2. The molecule has 2 aliphatic heterocycles. The minimum Gasteiger partial charge on any atom is -0.380 e. The number of fused-ring (bicyclic) bond motifs is 1. The van der Waals surface area contributed by atoms with E-state index in [4.69, 9.17) is 4.74 Å². The normalized spacial score (nSPS) is 18.2. The summed E-state index contributed by atoms with van der Waals surface area (Å²) in [6.45, 7) is 6.83. The average molecular weight is 429 g/mol. The van der Waals surface area contributed by atoms with E-state index < -0.39 is 23.8 Å². The fraction of sp³-hybridized carbons (Fsp3) is 0.409. The minimum absolute atomic E-state index is 0.158. The Balaban J connectivity index is 1.46. The van der Waals surface area contributed by atoms with E-state index in [1.54, 1.807) is 20.0 Å². The van der Waals surface area contributed by atoms with Gasteiger partial charge in [-0.1, -0.05) is 18.2 Å². The van der Waals surface area contributed by atoms with Gasteiger partial charge in [-0.25, -0.2) is 28.1 Å². The van der Waals surface area contributed by atoms with Gasteiger partial charge in [-0.3, -0.25) is 0 Å². The molecule has 1 N–H and O–H groups in total. The number of pyridine rings is 1. The second-order valence-corrected chi connectivity index (χ2v) is 8.45. The van der Waals surface area contributed by atoms with Crippen LogP contribution in [0.5, 0.6) is 0 Å². The Morgan fingerprint density at radius 2 is 1.90 bits per heavy atom. The summed E-state index contributed by atoms with van der Waals surface area (Å²) >= 11 is 0. The molecule has 2 aromatic heterocycles. The minimum atomic E-state index is -2.87. The molecule has 0 amide bonds. The van der Waals surface area contributed by atoms with E-state index in [1.807, 2.05) is 6.07 Å². The lowest BCUT2D eigenvalue weighted by Crippen LogP contribution is -2.66. The Kier molecular flexibility index (Phi) is 4.73. The van der Waals surface area contributed by atoms with Crippen LogP contribution in [0.4, 0.5) is 24.8 Å². The molecule has 1 spiro atoms. The Labute approximate surface area is 177 Å². The maximum Gasteiger partial charge on any atom is 0.266 e. The van der Waals surface area contributed by atoms with Crippen molar-refractivity contribution in [3.05, 3.63) is 53.2 Å². The number of rotatable bonds is 5. The predicted molar refractivity (Wildman–Crippen MR) is 111 cm³/mol. The highest BCUT2D eigenvalue weighted by Gasteiger charge is 2.49. The number of hydrogen-bond acceptors (Lipinski definition) is 6. The third-order valence-electron chi connectivity index (χ3n) is 5.99. The van der Waals surface area contributed by atoms with Crippen molar-refractivity contribution in [2.75, 3.05) is 36.5 Å². The molecule has 2 aliphatic rings. The molecule has 4 heterocycles. The van der Waals surface area contributed by atoms with Gasteiger partial charge in [0, 0.05) is 24.0 Å². The molecule has 2 saturated heterocycles. The Morgan fingerprint density at radius 3 is 2.58 bits per heavy atom. The Bertz CT molecular complexity index is 1140. The number of aryl methyl sites for hydroxylation is 1. The lowest BCUT2D eigenvalue weighted by molar-refractivity contribution is -0.127. The highest BCUT2D eigenvalue weighted by atomic mass is 19.3. The quantitative estimate of drug-likeness (QED) is 0.648. The monoisotopic (exact) mass is 429 g/mol. The summed E-state index contributed by atoms with van der Waals surface area (Å²) in [4.78, 5) is 15.7. The van der Waals surface area contributed by atoms with E-state index in [2.05, 4.69) is 25.2 Å². The van der Waals surface area contributed by atoms with Gasteiger partial charge in [0.05, 0.1) is 41.9 Å². The molecule has 3 aromatic rings. The SMILES string of the molecule is Cc1nc(NC(C)c2cccc(C(F)F)c2F)c2cc(N3CC4(COC4)C3)ncc2n1. The lowest BCUT2D eigenvalue weighted by Gasteiger charge is -2.55. The highest BCUT2D eigenvalue weighted by Crippen LogP contribution is 2.40. The third kappa shape index (κ3) is 3.46. The van der Waals surface area contributed by atoms with Crippen molar-refractivity contribution >= 4 is 22.5 Å². The van der Waals surface area contributed by atoms with Gasteiger partial charge in [-0.2, -0.15) is 0 Å². The molecule has 1 atom stereocenters. The van der Waals surface area contributed by atoms with E-state index in [0.717, 1.165) is 43.6 Å². The standard InChI is InChI=1S/C22H22F3N5O/c1-12(14-4-3-5-15(19(14)23)20(24)25)27-21-16-6-18(26-7-17(16)28-13(2)29-21)30-8-22(9-30)10-31-11-22/h3-7,12,20H,8-11H2,1-2H3,(H,27,28,29). The van der Waals surface area contributed by atoms with E-state index in [0.29, 0.717) is 17.2 Å². The van der Waals surface area contributed by atoms with E-state index >= 15 is 0 Å². The number of hydrogen-bond donors (Lipinski definition) is 1. The molecule has 31 heavy (non-hydrogen) atoms. The number of anilines is 2. The second kappa shape index (κ2) is 7.33. The fourth-order valence-corrected chi connectivity index (χ4v) is 4.27. The first kappa shape index (κ1) is 20.0. The van der Waals surface area contributed by atoms with Crippen molar-refractivity contribution in [2.45, 2.75) is 26.3 Å². The summed E-state index contributed by atoms with van der Waals surface area (Å²) in [7, 11) is 0. The number of ether oxygens (including phenoxy) is 1. The van der Waals surface area contributed by atoms with Gasteiger partial charge >= 0.3 is 0 Å². The predicted octanol–water partition coefficient (Wildman–Crippen LogP) is 4.42. The number of nitrogens with one attached hydrogen (secondary N) is 1. The molecular weight excluding hydrogens is 407 g/mol. The van der Waals surface area contributed by atoms with Crippen LogP contribution in [0, 0.1) is 18.2 Å². The third-order valence-corrected chi connectivity index (χ3v) is 5.99. The van der Waals surface area contributed by atoms with Crippen LogP contribution in [-0.2, 0) is 4.74 Å². The summed E-state index contributed by atoms with van der Waals surface area (Å²) in [6, 6.07) is 5.38. The van der Waals surface area contributed by atoms with Crippen LogP contribution in [0.1, 0.15) is 36.3 Å². The molecule has 162 valence electrons. The zero-order valence-corrected chi connectivity index (χ0v) is 17.2. The molecule has 0 radical (unpaired) electrons. The van der Waals surface area contributed by atoms with Gasteiger partial charge in [0.15, 0.2) is 0 Å². The number of halogens is 3. The highest BCUT2D eigenvalue weighted by molar-refractivity contribution is 5.90. The van der Waals surface area contributed by atoms with Crippen molar-refractivity contribution in [1.29, 1.82) is 0 Å². The van der Waals surface area contributed by atoms with Crippen LogP contribution in [0.3, 0.4) is 0 Å². The first-order valence-electron chi connectivity index (χ1n) is 10.2. The maximum atomic E-state index is 14.6. The molecule has 9 heteroatoms. The topological polar surface area (TPSA) is 63.2 Å². The summed E-state index contributed by atoms with van der Waals surface area (Å²) < 4.78 is 46.2. The van der Waals surface area contributed by atoms with Crippen LogP contribution in [0.15, 0.2) is 30.5 Å². The van der Waals surface area contributed by atoms with E-state index in [9.17, 15) is 13.2 Å². The summed E-state index contributed by atoms with van der Waals surface area (Å²) in [5.74, 6) is 0.971. The molecule has 6 nitrogen and oxygen atoms in total. The largest absolute Gasteiger partial charge is 0.380 e. The van der Waals surface area contributed by atoms with Gasteiger partial charge in [0.2, 0.25) is 0 Å². The molecule has 5 rings (SSSR count). The average Bonchev–Trinajstić information content (AvgIpc) is 2.65. The van der Waals surface area contributed by atoms with Crippen LogP contribution in [0.25, 0.3) is 10.9 Å². The van der Waals surface area contributed by atoms with E-state index in [1.165, 1.54) is 12.1 Å². The van der Waals surface area contributed by atoms with Gasteiger partial charge in [-0.05, 0) is 19.9 Å². The number of aromatic nitrogens is 3. The first-order chi connectivity index (χ1) is 14.8. The number of alkyl halides is 2. The van der Waals surface area contributed by atoms with Crippen LogP contribution >= 0.6 is 0 Å². The van der Waals surface area contributed by atoms with Crippen molar-refractivity contribution < 1.29 is 17.9 Å². The van der Waals surface area contributed by atoms with Gasteiger partial charge in [0.25, 0.3) is 6.43 Å². The van der Waals surface area contributed by atoms with Crippen LogP contribution < -0.4 is 10.2 Å². The smallest absolute Gasteiger partial charge is 0.266 e. The summed E-state index contributed by atoms with van der Waals surface area (Å²) in [5, 5.41) is 3.94. The molecule has 0 aliphatic carbocycles. The molecule has 2 fully saturated rings. The summed E-state index contributed by atoms with van der Waals surface area (Å²) in [6.07, 6.45) is -1.17. The van der Waals surface area contributed by atoms with Crippen molar-refractivity contribution in [3.8, 4) is 0 Å². The summed E-state index contributed by atoms with van der Waals surface area (Å²) in [5.41, 5.74) is 0.470. The van der Waals surface area contributed by atoms with Crippen LogP contribution in [0.2, 0.25) is 0 Å². The first-order valence-corrected chi connectivity index (χ1v) is 10.2. The number of benzene rings is 1. The molecule has 0 bridgehead atoms. The molecule has 1 unspecified atom stereocenters. The molecule has 0 saturated carbocycles. The van der Waals surface area contributed by atoms with Gasteiger partial charge in [0.1, 0.15) is 23.3 Å². The van der Waals surface area contributed by atoms with Crippen molar-refractivity contribution in [2.24, 2.45) is 5.41 Å². The zero-order chi connectivity index (χ0) is 21.8. The van der Waals surface area contributed by atoms with Gasteiger partial charge < -0.3 is 15.0 Å². The van der Waals surface area contributed by atoms with Gasteiger partial charge in [-0.15, -0.1) is 0 Å². The lowest BCUT2D eigenvalue weighted by atomic mass is 9.78. The van der Waals surface area contributed by atoms with Crippen LogP contribution in [-0.4, -0.2) is 41.3 Å². The molecule has 1 aromatic carbocycles. The molecular formula is C22H22F3N5O. The van der Waals surface area contributed by atoms with Crippen molar-refractivity contribution in [1.82, 2.24) is 15.0 Å². The van der Waals surface area contributed by atoms with E-state index in [-0.39, 0.29) is 11.0 Å². The second-order valence-electron chi connectivity index (χ2n) is 8.45. The fourth-order valence-electron chi connectivity index (χ4n) is 4.27. The Hall–Kier alpha value is -2.94. The Morgan fingerprint density at radius 1 is 1.16 bits per heavy atom. The van der Waals surface area contributed by atoms with Crippen molar-refractivity contribution in [3.63, 3.8) is 0 Å². The number of nitrogens with zero attached hydrogens (tertiary/aromatic N) is 4.